The van der Waals surface area contributed by atoms with Crippen molar-refractivity contribution in [3.63, 3.8) is 0 Å². The monoisotopic (exact) mass is 362 g/mol. The number of hydrogen-bond acceptors (Lipinski definition) is 4. The van der Waals surface area contributed by atoms with Crippen LogP contribution in [0.4, 0.5) is 0 Å². The summed E-state index contributed by atoms with van der Waals surface area (Å²) >= 11 is 0. The maximum absolute atomic E-state index is 12.6. The molecule has 0 unspecified atom stereocenters. The van der Waals surface area contributed by atoms with Gasteiger partial charge in [0.15, 0.2) is 0 Å². The van der Waals surface area contributed by atoms with Crippen LogP contribution in [0.5, 0.6) is 5.75 Å². The Labute approximate surface area is 148 Å². The fourth-order valence-corrected chi connectivity index (χ4v) is 3.00. The van der Waals surface area contributed by atoms with Crippen molar-refractivity contribution in [2.24, 2.45) is 0 Å². The summed E-state index contributed by atoms with van der Waals surface area (Å²) in [4.78, 5) is 14.2. The number of carbonyl (C=O) groups is 1. The molecule has 0 aliphatic heterocycles. The molecular formula is C18H22N2O4S. The van der Waals surface area contributed by atoms with Gasteiger partial charge < -0.3 is 9.64 Å². The number of sulfonamides is 1. The first-order valence-electron chi connectivity index (χ1n) is 7.82. The molecule has 25 heavy (non-hydrogen) atoms. The van der Waals surface area contributed by atoms with Crippen molar-refractivity contribution in [3.8, 4) is 5.75 Å². The third-order valence-corrected chi connectivity index (χ3v) is 5.22. The number of rotatable bonds is 7. The Kier molecular flexibility index (Phi) is 6.17. The molecule has 2 rings (SSSR count). The quantitative estimate of drug-likeness (QED) is 0.818. The zero-order valence-corrected chi connectivity index (χ0v) is 15.3. The van der Waals surface area contributed by atoms with Crippen molar-refractivity contribution >= 4 is 15.9 Å². The third kappa shape index (κ3) is 4.80. The van der Waals surface area contributed by atoms with Crippen LogP contribution in [0.2, 0.25) is 0 Å². The van der Waals surface area contributed by atoms with E-state index in [1.54, 1.807) is 20.0 Å². The average Bonchev–Trinajstić information content (AvgIpc) is 2.62. The Morgan fingerprint density at radius 2 is 1.84 bits per heavy atom. The largest absolute Gasteiger partial charge is 0.492 e. The molecule has 0 saturated heterocycles. The molecule has 0 aromatic heterocycles. The first-order chi connectivity index (χ1) is 11.8. The molecule has 0 fully saturated rings. The number of aryl methyl sites for hydroxylation is 1. The van der Waals surface area contributed by atoms with Crippen molar-refractivity contribution in [2.45, 2.75) is 11.8 Å². The van der Waals surface area contributed by atoms with Gasteiger partial charge in [0.1, 0.15) is 12.4 Å². The van der Waals surface area contributed by atoms with Gasteiger partial charge in [-0.25, -0.2) is 13.1 Å². The minimum absolute atomic E-state index is 0.0675. The smallest absolute Gasteiger partial charge is 0.254 e. The Morgan fingerprint density at radius 1 is 1.16 bits per heavy atom. The normalized spacial score (nSPS) is 11.2. The summed E-state index contributed by atoms with van der Waals surface area (Å²) in [5.74, 6) is 0.490. The van der Waals surface area contributed by atoms with Crippen LogP contribution in [0.15, 0.2) is 53.4 Å². The summed E-state index contributed by atoms with van der Waals surface area (Å²) in [5.41, 5.74) is 1.08. The summed E-state index contributed by atoms with van der Waals surface area (Å²) in [6.07, 6.45) is 0. The highest BCUT2D eigenvalue weighted by Crippen LogP contribution is 2.17. The third-order valence-electron chi connectivity index (χ3n) is 3.80. The van der Waals surface area contributed by atoms with Crippen LogP contribution in [0, 0.1) is 6.92 Å². The second kappa shape index (κ2) is 8.13. The average molecular weight is 362 g/mol. The molecule has 1 N–H and O–H groups in total. The van der Waals surface area contributed by atoms with Crippen molar-refractivity contribution in [3.05, 3.63) is 59.7 Å². The maximum atomic E-state index is 12.6. The number of para-hydroxylation sites is 1. The van der Waals surface area contributed by atoms with E-state index in [1.165, 1.54) is 24.1 Å². The minimum Gasteiger partial charge on any atom is -0.492 e. The van der Waals surface area contributed by atoms with Crippen LogP contribution in [-0.2, 0) is 10.0 Å². The summed E-state index contributed by atoms with van der Waals surface area (Å²) in [5, 5.41) is 0. The topological polar surface area (TPSA) is 75.7 Å². The number of likely N-dealkylation sites (N-methyl/N-ethyl adjacent to an activating group) is 1. The Bertz CT molecular complexity index is 835. The highest BCUT2D eigenvalue weighted by Gasteiger charge is 2.19. The number of nitrogens with zero attached hydrogens (tertiary/aromatic N) is 1. The molecule has 0 radical (unpaired) electrons. The molecular weight excluding hydrogens is 340 g/mol. The van der Waals surface area contributed by atoms with E-state index in [4.69, 9.17) is 4.74 Å². The molecule has 6 nitrogen and oxygen atoms in total. The Balaban J connectivity index is 2.07. The second-order valence-corrected chi connectivity index (χ2v) is 7.46. The Morgan fingerprint density at radius 3 is 2.48 bits per heavy atom. The van der Waals surface area contributed by atoms with Gasteiger partial charge in [-0.2, -0.15) is 0 Å². The summed E-state index contributed by atoms with van der Waals surface area (Å²) in [6.45, 7) is 2.51. The van der Waals surface area contributed by atoms with Crippen LogP contribution in [-0.4, -0.2) is 46.5 Å². The lowest BCUT2D eigenvalue weighted by Gasteiger charge is -2.19. The lowest BCUT2D eigenvalue weighted by atomic mass is 10.1. The summed E-state index contributed by atoms with van der Waals surface area (Å²) in [6, 6.07) is 13.9. The highest BCUT2D eigenvalue weighted by molar-refractivity contribution is 7.89. The van der Waals surface area contributed by atoms with Gasteiger partial charge in [-0.3, -0.25) is 4.79 Å². The van der Waals surface area contributed by atoms with Gasteiger partial charge in [-0.15, -0.1) is 0 Å². The van der Waals surface area contributed by atoms with E-state index in [-0.39, 0.29) is 10.8 Å². The highest BCUT2D eigenvalue weighted by atomic mass is 32.2. The fraction of sp³-hybridized carbons (Fsp3) is 0.278. The zero-order valence-electron chi connectivity index (χ0n) is 14.5. The van der Waals surface area contributed by atoms with E-state index in [0.29, 0.717) is 18.7 Å². The SMILES string of the molecule is CNS(=O)(=O)c1ccc(C)c(C(=O)N(C)CCOc2ccccc2)c1. The molecule has 7 heteroatoms. The second-order valence-electron chi connectivity index (χ2n) is 5.57. The number of carbonyl (C=O) groups excluding carboxylic acids is 1. The van der Waals surface area contributed by atoms with E-state index in [9.17, 15) is 13.2 Å². The molecule has 0 aliphatic carbocycles. The van der Waals surface area contributed by atoms with Crippen LogP contribution in [0.25, 0.3) is 0 Å². The number of hydrogen-bond donors (Lipinski definition) is 1. The van der Waals surface area contributed by atoms with Crippen LogP contribution >= 0.6 is 0 Å². The molecule has 0 saturated carbocycles. The molecule has 0 heterocycles. The lowest BCUT2D eigenvalue weighted by molar-refractivity contribution is 0.0773. The maximum Gasteiger partial charge on any atom is 0.254 e. The predicted molar refractivity (Wildman–Crippen MR) is 96.3 cm³/mol. The molecule has 0 atom stereocenters. The van der Waals surface area contributed by atoms with Crippen molar-refractivity contribution in [2.75, 3.05) is 27.2 Å². The molecule has 2 aromatic carbocycles. The molecule has 1 amide bonds. The molecule has 0 aliphatic rings. The molecule has 0 bridgehead atoms. The van der Waals surface area contributed by atoms with E-state index in [1.807, 2.05) is 30.3 Å². The van der Waals surface area contributed by atoms with Crippen LogP contribution < -0.4 is 9.46 Å². The van der Waals surface area contributed by atoms with Crippen LogP contribution in [0.3, 0.4) is 0 Å². The first kappa shape index (κ1) is 19.0. The predicted octanol–water partition coefficient (Wildman–Crippen LogP) is 2.05. The summed E-state index contributed by atoms with van der Waals surface area (Å²) < 4.78 is 31.7. The van der Waals surface area contributed by atoms with Gasteiger partial charge in [0.05, 0.1) is 11.4 Å². The van der Waals surface area contributed by atoms with E-state index in [2.05, 4.69) is 4.72 Å². The molecule has 134 valence electrons. The van der Waals surface area contributed by atoms with Gasteiger partial charge in [0, 0.05) is 12.6 Å². The van der Waals surface area contributed by atoms with E-state index >= 15 is 0 Å². The number of ether oxygens (including phenoxy) is 1. The van der Waals surface area contributed by atoms with Gasteiger partial charge in [-0.1, -0.05) is 24.3 Å². The van der Waals surface area contributed by atoms with E-state index in [0.717, 1.165) is 11.3 Å². The number of amides is 1. The summed E-state index contributed by atoms with van der Waals surface area (Å²) in [7, 11) is -0.596. The first-order valence-corrected chi connectivity index (χ1v) is 9.31. The van der Waals surface area contributed by atoms with E-state index < -0.39 is 10.0 Å². The van der Waals surface area contributed by atoms with Crippen molar-refractivity contribution < 1.29 is 17.9 Å². The van der Waals surface area contributed by atoms with Crippen molar-refractivity contribution in [1.29, 1.82) is 0 Å². The van der Waals surface area contributed by atoms with Crippen LogP contribution in [0.1, 0.15) is 15.9 Å². The minimum atomic E-state index is -3.60. The number of nitrogens with one attached hydrogen (secondary N) is 1. The van der Waals surface area contributed by atoms with Gasteiger partial charge in [0.2, 0.25) is 10.0 Å². The standard InChI is InChI=1S/C18H22N2O4S/c1-14-9-10-16(25(22,23)19-2)13-17(14)18(21)20(3)11-12-24-15-7-5-4-6-8-15/h4-10,13,19H,11-12H2,1-3H3. The fourth-order valence-electron chi connectivity index (χ4n) is 2.24. The molecule has 0 spiro atoms. The Hall–Kier alpha value is -2.38. The van der Waals surface area contributed by atoms with Gasteiger partial charge in [-0.05, 0) is 43.8 Å². The van der Waals surface area contributed by atoms with Gasteiger partial charge in [0.25, 0.3) is 5.91 Å². The van der Waals surface area contributed by atoms with Crippen molar-refractivity contribution in [1.82, 2.24) is 9.62 Å². The van der Waals surface area contributed by atoms with Gasteiger partial charge >= 0.3 is 0 Å². The lowest BCUT2D eigenvalue weighted by Crippen LogP contribution is -2.31. The molecule has 2 aromatic rings. The zero-order chi connectivity index (χ0) is 18.4. The number of benzene rings is 2.